The zero-order valence-corrected chi connectivity index (χ0v) is 19.7. The van der Waals surface area contributed by atoms with Gasteiger partial charge in [0.25, 0.3) is 0 Å². The van der Waals surface area contributed by atoms with Crippen LogP contribution >= 0.6 is 0 Å². The number of hydrogen-bond acceptors (Lipinski definition) is 3. The lowest BCUT2D eigenvalue weighted by Gasteiger charge is -2.58. The van der Waals surface area contributed by atoms with Crippen LogP contribution in [0.25, 0.3) is 10.9 Å². The maximum absolute atomic E-state index is 11.8. The molecule has 3 aliphatic rings. The second-order valence-electron chi connectivity index (χ2n) is 9.17. The van der Waals surface area contributed by atoms with Crippen LogP contribution in [0.2, 0.25) is 0 Å². The van der Waals surface area contributed by atoms with Gasteiger partial charge in [0.1, 0.15) is 18.7 Å². The van der Waals surface area contributed by atoms with Crippen molar-refractivity contribution in [1.29, 1.82) is 5.26 Å². The summed E-state index contributed by atoms with van der Waals surface area (Å²) in [5, 5.41) is 22.4. The van der Waals surface area contributed by atoms with Gasteiger partial charge < -0.3 is 26.6 Å². The molecule has 0 aliphatic carbocycles. The number of rotatable bonds is 5. The van der Waals surface area contributed by atoms with Crippen LogP contribution in [-0.4, -0.2) is 33.7 Å². The number of benzene rings is 2. The molecular weight excluding hydrogens is 462 g/mol. The number of quaternary nitrogens is 1. The molecule has 1 N–H and O–H groups in total. The lowest BCUT2D eigenvalue weighted by Crippen LogP contribution is -3.00. The Labute approximate surface area is 200 Å². The molecular formula is C27H28BrN3O. The van der Waals surface area contributed by atoms with Crippen LogP contribution in [-0.2, 0) is 6.54 Å². The monoisotopic (exact) mass is 489 g/mol. The highest BCUT2D eigenvalue weighted by molar-refractivity contribution is 5.82. The van der Waals surface area contributed by atoms with E-state index in [1.54, 1.807) is 6.20 Å². The normalized spacial score (nSPS) is 27.3. The van der Waals surface area contributed by atoms with Crippen molar-refractivity contribution < 1.29 is 26.6 Å². The van der Waals surface area contributed by atoms with Gasteiger partial charge in [0, 0.05) is 35.9 Å². The van der Waals surface area contributed by atoms with E-state index in [1.807, 2.05) is 42.5 Å². The predicted octanol–water partition coefficient (Wildman–Crippen LogP) is 1.76. The van der Waals surface area contributed by atoms with E-state index >= 15 is 0 Å². The molecule has 4 heterocycles. The molecule has 3 aliphatic heterocycles. The number of para-hydroxylation sites is 1. The first-order valence-corrected chi connectivity index (χ1v) is 11.1. The van der Waals surface area contributed by atoms with Gasteiger partial charge in [-0.3, -0.25) is 4.98 Å². The van der Waals surface area contributed by atoms with Gasteiger partial charge in [-0.05, 0) is 29.7 Å². The van der Waals surface area contributed by atoms with E-state index in [0.29, 0.717) is 11.8 Å². The summed E-state index contributed by atoms with van der Waals surface area (Å²) in [4.78, 5) is 4.48. The number of nitriles is 1. The van der Waals surface area contributed by atoms with Crippen molar-refractivity contribution in [3.8, 4) is 6.07 Å². The van der Waals surface area contributed by atoms with E-state index in [1.165, 1.54) is 0 Å². The van der Waals surface area contributed by atoms with Crippen molar-refractivity contribution in [3.05, 3.63) is 90.1 Å². The Kier molecular flexibility index (Phi) is 6.48. The van der Waals surface area contributed by atoms with Crippen molar-refractivity contribution in [2.45, 2.75) is 31.5 Å². The van der Waals surface area contributed by atoms with E-state index < -0.39 is 6.10 Å². The lowest BCUT2D eigenvalue weighted by molar-refractivity contribution is -0.985. The summed E-state index contributed by atoms with van der Waals surface area (Å²) < 4.78 is 0.809. The molecule has 32 heavy (non-hydrogen) atoms. The molecule has 1 unspecified atom stereocenters. The van der Waals surface area contributed by atoms with E-state index in [4.69, 9.17) is 0 Å². The molecule has 3 aromatic rings. The first kappa shape index (κ1) is 22.7. The quantitative estimate of drug-likeness (QED) is 0.438. The Balaban J connectivity index is 0.00000245. The highest BCUT2D eigenvalue weighted by Gasteiger charge is 2.54. The fraction of sp³-hybridized carbons (Fsp3) is 0.333. The summed E-state index contributed by atoms with van der Waals surface area (Å²) in [5.41, 5.74) is 3.69. The summed E-state index contributed by atoms with van der Waals surface area (Å²) in [7, 11) is 0. The molecule has 3 fully saturated rings. The molecule has 164 valence electrons. The van der Waals surface area contributed by atoms with Crippen LogP contribution in [0.3, 0.4) is 0 Å². The molecule has 5 atom stereocenters. The van der Waals surface area contributed by atoms with Gasteiger partial charge in [-0.2, -0.15) is 5.26 Å². The topological polar surface area (TPSA) is 56.9 Å². The van der Waals surface area contributed by atoms with Gasteiger partial charge in [0.05, 0.1) is 30.2 Å². The van der Waals surface area contributed by atoms with Gasteiger partial charge in [-0.1, -0.05) is 42.5 Å². The number of piperidine rings is 3. The number of halogens is 1. The lowest BCUT2D eigenvalue weighted by atomic mass is 9.71. The highest BCUT2D eigenvalue weighted by Crippen LogP contribution is 2.48. The number of aliphatic hydroxyl groups is 1. The van der Waals surface area contributed by atoms with Crippen molar-refractivity contribution in [1.82, 2.24) is 4.98 Å². The standard InChI is InChI=1S/C27H28N3O.BrH/c1-2-19-17-30(18-22-8-4-3-7-21(22)16-28)14-12-20(19)15-26(30)27(31)24-11-13-29-25-10-6-5-9-23(24)25;/h2-11,13,19-20,26-27,31H,1,12,14-15,17-18H2;1H/q+1;/p-1/t19?,20-,26-,27+,30-;/m0./s1. The minimum absolute atomic E-state index is 0. The number of aromatic nitrogens is 1. The number of hydrogen-bond donors (Lipinski definition) is 1. The molecule has 3 saturated heterocycles. The molecule has 5 heteroatoms. The Bertz CT molecular complexity index is 1170. The third-order valence-electron chi connectivity index (χ3n) is 7.66. The third kappa shape index (κ3) is 3.77. The highest BCUT2D eigenvalue weighted by atomic mass is 79.9. The third-order valence-corrected chi connectivity index (χ3v) is 7.66. The van der Waals surface area contributed by atoms with Gasteiger partial charge in [-0.15, -0.1) is 6.58 Å². The Morgan fingerprint density at radius 2 is 1.97 bits per heavy atom. The minimum atomic E-state index is -0.573. The van der Waals surface area contributed by atoms with Gasteiger partial charge >= 0.3 is 0 Å². The van der Waals surface area contributed by atoms with E-state index in [9.17, 15) is 10.4 Å². The molecule has 6 rings (SSSR count). The van der Waals surface area contributed by atoms with Crippen LogP contribution in [0, 0.1) is 23.2 Å². The van der Waals surface area contributed by atoms with Crippen molar-refractivity contribution in [2.24, 2.45) is 11.8 Å². The molecule has 0 spiro atoms. The Morgan fingerprint density at radius 3 is 2.78 bits per heavy atom. The fourth-order valence-corrected chi connectivity index (χ4v) is 6.07. The smallest absolute Gasteiger partial charge is 0.131 e. The summed E-state index contributed by atoms with van der Waals surface area (Å²) in [5.74, 6) is 1.03. The molecule has 0 saturated carbocycles. The molecule has 0 radical (unpaired) electrons. The summed E-state index contributed by atoms with van der Waals surface area (Å²) >= 11 is 0. The molecule has 2 aromatic carbocycles. The van der Waals surface area contributed by atoms with Crippen LogP contribution in [0.4, 0.5) is 0 Å². The van der Waals surface area contributed by atoms with E-state index in [-0.39, 0.29) is 23.0 Å². The Morgan fingerprint density at radius 1 is 1.19 bits per heavy atom. The van der Waals surface area contributed by atoms with Crippen molar-refractivity contribution in [2.75, 3.05) is 13.1 Å². The average molecular weight is 490 g/mol. The minimum Gasteiger partial charge on any atom is -1.00 e. The first-order valence-electron chi connectivity index (χ1n) is 11.1. The summed E-state index contributed by atoms with van der Waals surface area (Å²) in [6.45, 7) is 6.88. The SMILES string of the molecule is C=CC1C[N@+]2(Cc3ccccc3C#N)CC[C@H]1C[C@H]2[C@H](O)c1ccnc2ccccc12.[Br-]. The Hall–Kier alpha value is -2.52. The largest absolute Gasteiger partial charge is 1.00 e. The number of nitrogens with zero attached hydrogens (tertiary/aromatic N) is 3. The average Bonchev–Trinajstić information content (AvgIpc) is 2.83. The van der Waals surface area contributed by atoms with Crippen LogP contribution in [0.5, 0.6) is 0 Å². The van der Waals surface area contributed by atoms with Gasteiger partial charge in [0.2, 0.25) is 0 Å². The maximum atomic E-state index is 11.8. The fourth-order valence-electron chi connectivity index (χ4n) is 6.07. The van der Waals surface area contributed by atoms with Crippen molar-refractivity contribution in [3.63, 3.8) is 0 Å². The zero-order valence-electron chi connectivity index (χ0n) is 18.1. The number of fused-ring (bicyclic) bond motifs is 4. The number of pyridine rings is 1. The molecule has 1 aromatic heterocycles. The van der Waals surface area contributed by atoms with E-state index in [2.05, 4.69) is 35.8 Å². The van der Waals surface area contributed by atoms with Gasteiger partial charge in [0.15, 0.2) is 0 Å². The molecule has 4 nitrogen and oxygen atoms in total. The van der Waals surface area contributed by atoms with Crippen molar-refractivity contribution >= 4 is 10.9 Å². The molecule has 0 amide bonds. The van der Waals surface area contributed by atoms with E-state index in [0.717, 1.165) is 64.6 Å². The summed E-state index contributed by atoms with van der Waals surface area (Å²) in [6, 6.07) is 20.4. The van der Waals surface area contributed by atoms with Crippen LogP contribution in [0.1, 0.15) is 35.6 Å². The first-order chi connectivity index (χ1) is 15.1. The second kappa shape index (κ2) is 9.15. The number of aliphatic hydroxyl groups excluding tert-OH is 1. The summed E-state index contributed by atoms with van der Waals surface area (Å²) in [6.07, 6.45) is 5.46. The van der Waals surface area contributed by atoms with Gasteiger partial charge in [-0.25, -0.2) is 0 Å². The molecule has 2 bridgehead atoms. The van der Waals surface area contributed by atoms with Crippen LogP contribution in [0.15, 0.2) is 73.4 Å². The zero-order chi connectivity index (χ0) is 21.4. The predicted molar refractivity (Wildman–Crippen MR) is 122 cm³/mol. The van der Waals surface area contributed by atoms with Crippen LogP contribution < -0.4 is 17.0 Å². The maximum Gasteiger partial charge on any atom is 0.131 e. The second-order valence-corrected chi connectivity index (χ2v) is 9.17.